The van der Waals surface area contributed by atoms with Gasteiger partial charge in [-0.2, -0.15) is 0 Å². The summed E-state index contributed by atoms with van der Waals surface area (Å²) in [4.78, 5) is 1.95. The zero-order chi connectivity index (χ0) is 22.3. The summed E-state index contributed by atoms with van der Waals surface area (Å²) >= 11 is 0. The Labute approximate surface area is 179 Å². The van der Waals surface area contributed by atoms with Gasteiger partial charge in [0.2, 0.25) is 0 Å². The van der Waals surface area contributed by atoms with Crippen LogP contribution in [-0.4, -0.2) is 50.6 Å². The van der Waals surface area contributed by atoms with Crippen LogP contribution in [0, 0.1) is 0 Å². The number of nitrogens with zero attached hydrogens (tertiary/aromatic N) is 1. The number of benzene rings is 2. The molecule has 0 aliphatic rings. The molecule has 4 N–H and O–H groups in total. The van der Waals surface area contributed by atoms with Gasteiger partial charge >= 0.3 is 0 Å². The number of phenols is 2. The van der Waals surface area contributed by atoms with E-state index in [1.165, 1.54) is 11.1 Å². The normalized spacial score (nSPS) is 14.5. The first-order valence-electron chi connectivity index (χ1n) is 10.7. The summed E-state index contributed by atoms with van der Waals surface area (Å²) in [7, 11) is 0. The van der Waals surface area contributed by atoms with Crippen molar-refractivity contribution in [2.75, 3.05) is 13.1 Å². The van der Waals surface area contributed by atoms with Crippen LogP contribution < -0.4 is 0 Å². The van der Waals surface area contributed by atoms with Crippen molar-refractivity contribution in [3.8, 4) is 11.5 Å². The van der Waals surface area contributed by atoms with Gasteiger partial charge in [0.05, 0.1) is 12.2 Å². The van der Waals surface area contributed by atoms with Gasteiger partial charge in [0.1, 0.15) is 11.5 Å². The van der Waals surface area contributed by atoms with E-state index >= 15 is 0 Å². The molecule has 0 bridgehead atoms. The molecule has 0 amide bonds. The Balaban J connectivity index is 2.44. The lowest BCUT2D eigenvalue weighted by atomic mass is 9.90. The fourth-order valence-corrected chi connectivity index (χ4v) is 3.94. The smallest absolute Gasteiger partial charge is 0.120 e. The van der Waals surface area contributed by atoms with Gasteiger partial charge in [-0.05, 0) is 73.2 Å². The van der Waals surface area contributed by atoms with E-state index in [0.29, 0.717) is 19.6 Å². The Kier molecular flexibility index (Phi) is 8.90. The van der Waals surface area contributed by atoms with Crippen molar-refractivity contribution in [2.24, 2.45) is 0 Å². The Bertz CT molecular complexity index is 831. The molecule has 2 aromatic carbocycles. The summed E-state index contributed by atoms with van der Waals surface area (Å²) in [6.07, 6.45) is 0.627. The highest BCUT2D eigenvalue weighted by atomic mass is 16.3. The molecule has 0 saturated heterocycles. The lowest BCUT2D eigenvalue weighted by Crippen LogP contribution is -2.35. The third-order valence-electron chi connectivity index (χ3n) is 5.15. The number of aromatic hydroxyl groups is 2. The van der Waals surface area contributed by atoms with Gasteiger partial charge in [-0.25, -0.2) is 0 Å². The molecular weight excluding hydrogens is 378 g/mol. The average molecular weight is 414 g/mol. The summed E-state index contributed by atoms with van der Waals surface area (Å²) in [5.41, 5.74) is 5.29. The number of rotatable bonds is 10. The second-order valence-corrected chi connectivity index (χ2v) is 7.95. The van der Waals surface area contributed by atoms with Crippen LogP contribution in [-0.2, 0) is 6.54 Å². The molecular formula is C25H35NO4. The maximum atomic E-state index is 10.5. The molecule has 2 atom stereocenters. The minimum atomic E-state index is -0.527. The maximum absolute atomic E-state index is 10.5. The highest BCUT2D eigenvalue weighted by molar-refractivity contribution is 5.91. The highest BCUT2D eigenvalue weighted by Crippen LogP contribution is 2.34. The molecule has 0 aliphatic heterocycles. The van der Waals surface area contributed by atoms with E-state index in [-0.39, 0.29) is 11.5 Å². The Morgan fingerprint density at radius 2 is 1.30 bits per heavy atom. The van der Waals surface area contributed by atoms with Crippen LogP contribution in [0.4, 0.5) is 0 Å². The van der Waals surface area contributed by atoms with E-state index in [4.69, 9.17) is 0 Å². The predicted octanol–water partition coefficient (Wildman–Crippen LogP) is 4.39. The number of phenolic OH excluding ortho intramolecular Hbond substituents is 2. The first kappa shape index (κ1) is 23.9. The molecule has 5 heteroatoms. The van der Waals surface area contributed by atoms with E-state index in [1.54, 1.807) is 32.0 Å². The molecule has 5 nitrogen and oxygen atoms in total. The topological polar surface area (TPSA) is 84.2 Å². The molecule has 2 unspecified atom stereocenters. The molecule has 164 valence electrons. The van der Waals surface area contributed by atoms with Gasteiger partial charge in [0.15, 0.2) is 0 Å². The van der Waals surface area contributed by atoms with E-state index in [2.05, 4.69) is 13.8 Å². The molecule has 0 spiro atoms. The first-order valence-corrected chi connectivity index (χ1v) is 10.7. The van der Waals surface area contributed by atoms with Gasteiger partial charge in [-0.1, -0.05) is 32.0 Å². The minimum Gasteiger partial charge on any atom is -0.508 e. The fraction of sp³-hybridized carbons (Fsp3) is 0.440. The first-order chi connectivity index (χ1) is 14.2. The summed E-state index contributed by atoms with van der Waals surface area (Å²) in [5.74, 6) is 0.452. The molecule has 30 heavy (non-hydrogen) atoms. The lowest BCUT2D eigenvalue weighted by Gasteiger charge is -2.26. The zero-order valence-electron chi connectivity index (χ0n) is 18.5. The molecule has 0 heterocycles. The standard InChI is InChI=1S/C25H35NO4/c1-5-23(19-7-10-22(29)11-8-19)24(6-2)20-9-12-25(30)21(13-20)16-26(14-17(3)27)15-18(4)28/h7-13,17-18,27-30H,5-6,14-16H2,1-4H3/b24-23+. The lowest BCUT2D eigenvalue weighted by molar-refractivity contribution is 0.0789. The van der Waals surface area contributed by atoms with Crippen LogP contribution in [0.2, 0.25) is 0 Å². The van der Waals surface area contributed by atoms with Crippen LogP contribution >= 0.6 is 0 Å². The molecule has 2 rings (SSSR count). The van der Waals surface area contributed by atoms with Crippen LogP contribution in [0.5, 0.6) is 11.5 Å². The van der Waals surface area contributed by atoms with Crippen molar-refractivity contribution in [1.29, 1.82) is 0 Å². The maximum Gasteiger partial charge on any atom is 0.120 e. The third kappa shape index (κ3) is 6.59. The number of aliphatic hydroxyl groups is 2. The summed E-state index contributed by atoms with van der Waals surface area (Å²) in [5, 5.41) is 39.7. The van der Waals surface area contributed by atoms with E-state index in [9.17, 15) is 20.4 Å². The van der Waals surface area contributed by atoms with E-state index < -0.39 is 12.2 Å². The number of aliphatic hydroxyl groups excluding tert-OH is 2. The summed E-state index contributed by atoms with van der Waals surface area (Å²) in [6, 6.07) is 12.9. The van der Waals surface area contributed by atoms with Gasteiger partial charge in [-0.3, -0.25) is 4.90 Å². The van der Waals surface area contributed by atoms with Crippen molar-refractivity contribution >= 4 is 11.1 Å². The summed E-state index contributed by atoms with van der Waals surface area (Å²) in [6.45, 7) is 8.94. The monoisotopic (exact) mass is 413 g/mol. The van der Waals surface area contributed by atoms with E-state index in [1.807, 2.05) is 29.2 Å². The average Bonchev–Trinajstić information content (AvgIpc) is 2.68. The zero-order valence-corrected chi connectivity index (χ0v) is 18.5. The van der Waals surface area contributed by atoms with Crippen molar-refractivity contribution < 1.29 is 20.4 Å². The second kappa shape index (κ2) is 11.2. The number of hydrogen-bond donors (Lipinski definition) is 4. The minimum absolute atomic E-state index is 0.207. The molecule has 0 aliphatic carbocycles. The summed E-state index contributed by atoms with van der Waals surface area (Å²) < 4.78 is 0. The number of hydrogen-bond acceptors (Lipinski definition) is 5. The van der Waals surface area contributed by atoms with Gasteiger partial charge in [0.25, 0.3) is 0 Å². The Morgan fingerprint density at radius 1 is 0.800 bits per heavy atom. The van der Waals surface area contributed by atoms with Gasteiger partial charge in [-0.15, -0.1) is 0 Å². The molecule has 2 aromatic rings. The number of allylic oxidation sites excluding steroid dienone is 2. The van der Waals surface area contributed by atoms with Crippen molar-refractivity contribution in [2.45, 2.75) is 59.3 Å². The van der Waals surface area contributed by atoms with Crippen molar-refractivity contribution in [1.82, 2.24) is 4.90 Å². The van der Waals surface area contributed by atoms with Crippen LogP contribution in [0.3, 0.4) is 0 Å². The van der Waals surface area contributed by atoms with Crippen LogP contribution in [0.15, 0.2) is 42.5 Å². The molecule has 0 saturated carbocycles. The van der Waals surface area contributed by atoms with Gasteiger partial charge in [0, 0.05) is 25.2 Å². The Hall–Kier alpha value is -2.34. The van der Waals surface area contributed by atoms with E-state index in [0.717, 1.165) is 29.5 Å². The quantitative estimate of drug-likeness (QED) is 0.434. The van der Waals surface area contributed by atoms with Gasteiger partial charge < -0.3 is 20.4 Å². The Morgan fingerprint density at radius 3 is 1.80 bits per heavy atom. The molecule has 0 aromatic heterocycles. The second-order valence-electron chi connectivity index (χ2n) is 7.95. The fourth-order valence-electron chi connectivity index (χ4n) is 3.94. The predicted molar refractivity (Wildman–Crippen MR) is 122 cm³/mol. The van der Waals surface area contributed by atoms with Crippen LogP contribution in [0.25, 0.3) is 11.1 Å². The van der Waals surface area contributed by atoms with Crippen LogP contribution in [0.1, 0.15) is 57.2 Å². The molecule has 0 radical (unpaired) electrons. The highest BCUT2D eigenvalue weighted by Gasteiger charge is 2.16. The SMILES string of the molecule is CC/C(=C(/CC)c1ccc(O)c(CN(CC(C)O)CC(C)O)c1)c1ccc(O)cc1. The molecule has 0 fully saturated rings. The van der Waals surface area contributed by atoms with Crippen molar-refractivity contribution in [3.63, 3.8) is 0 Å². The largest absolute Gasteiger partial charge is 0.508 e. The third-order valence-corrected chi connectivity index (χ3v) is 5.15. The van der Waals surface area contributed by atoms with Crippen molar-refractivity contribution in [3.05, 3.63) is 59.2 Å².